The maximum absolute atomic E-state index is 10.5. The molecule has 1 aliphatic heterocycles. The number of ether oxygens (including phenoxy) is 2. The average molecular weight is 204 g/mol. The fourth-order valence-electron chi connectivity index (χ4n) is 1.43. The van der Waals surface area contributed by atoms with Gasteiger partial charge in [-0.15, -0.1) is 0 Å². The van der Waals surface area contributed by atoms with Crippen LogP contribution in [-0.4, -0.2) is 41.8 Å². The normalized spacial score (nSPS) is 23.6. The van der Waals surface area contributed by atoms with Crippen LogP contribution in [0.5, 0.6) is 0 Å². The Labute approximate surface area is 82.6 Å². The molecule has 5 heteroatoms. The molecule has 1 aliphatic rings. The van der Waals surface area contributed by atoms with Crippen LogP contribution in [0.4, 0.5) is 0 Å². The zero-order valence-electron chi connectivity index (χ0n) is 8.02. The Morgan fingerprint density at radius 2 is 2.43 bits per heavy atom. The van der Waals surface area contributed by atoms with E-state index in [1.54, 1.807) is 0 Å². The third-order valence-electron chi connectivity index (χ3n) is 2.09. The maximum Gasteiger partial charge on any atom is 0.305 e. The van der Waals surface area contributed by atoms with E-state index in [2.05, 4.69) is 0 Å². The molecule has 5 nitrogen and oxygen atoms in total. The summed E-state index contributed by atoms with van der Waals surface area (Å²) >= 11 is 0. The van der Waals surface area contributed by atoms with Gasteiger partial charge in [-0.1, -0.05) is 0 Å². The number of aliphatic carboxylic acids is 1. The van der Waals surface area contributed by atoms with Crippen LogP contribution in [0.25, 0.3) is 0 Å². The fourth-order valence-corrected chi connectivity index (χ4v) is 1.43. The standard InChI is InChI=1S/C9H16O5/c10-4-3-7(6-8(11)12)14-9-2-1-5-13-9/h7,9-10H,1-6H2,(H,11,12). The topological polar surface area (TPSA) is 76.0 Å². The SMILES string of the molecule is O=C(O)CC(CCO)OC1CCCO1. The number of rotatable bonds is 6. The minimum absolute atomic E-state index is 0.0648. The molecule has 82 valence electrons. The van der Waals surface area contributed by atoms with Crippen molar-refractivity contribution in [2.75, 3.05) is 13.2 Å². The number of carbonyl (C=O) groups is 1. The van der Waals surface area contributed by atoms with Crippen molar-refractivity contribution in [3.8, 4) is 0 Å². The highest BCUT2D eigenvalue weighted by Crippen LogP contribution is 2.17. The molecule has 0 bridgehead atoms. The van der Waals surface area contributed by atoms with Crippen LogP contribution >= 0.6 is 0 Å². The molecular formula is C9H16O5. The van der Waals surface area contributed by atoms with Gasteiger partial charge in [0.05, 0.1) is 12.5 Å². The van der Waals surface area contributed by atoms with Crippen molar-refractivity contribution >= 4 is 5.97 Å². The Hall–Kier alpha value is -0.650. The predicted octanol–water partition coefficient (Wildman–Crippen LogP) is 0.365. The first-order chi connectivity index (χ1) is 6.72. The lowest BCUT2D eigenvalue weighted by Gasteiger charge is -2.19. The molecule has 0 aliphatic carbocycles. The van der Waals surface area contributed by atoms with E-state index in [1.165, 1.54) is 0 Å². The van der Waals surface area contributed by atoms with Crippen LogP contribution in [0, 0.1) is 0 Å². The van der Waals surface area contributed by atoms with Crippen molar-refractivity contribution in [2.45, 2.75) is 38.1 Å². The predicted molar refractivity (Wildman–Crippen MR) is 47.8 cm³/mol. The van der Waals surface area contributed by atoms with Gasteiger partial charge in [0.15, 0.2) is 6.29 Å². The Morgan fingerprint density at radius 3 is 2.93 bits per heavy atom. The molecule has 0 saturated carbocycles. The lowest BCUT2D eigenvalue weighted by molar-refractivity contribution is -0.161. The summed E-state index contributed by atoms with van der Waals surface area (Å²) in [4.78, 5) is 10.5. The first kappa shape index (κ1) is 11.4. The van der Waals surface area contributed by atoms with E-state index in [0.717, 1.165) is 12.8 Å². The Morgan fingerprint density at radius 1 is 1.64 bits per heavy atom. The van der Waals surface area contributed by atoms with Crippen molar-refractivity contribution in [1.29, 1.82) is 0 Å². The number of aliphatic hydroxyl groups excluding tert-OH is 1. The molecule has 2 unspecified atom stereocenters. The molecule has 1 heterocycles. The summed E-state index contributed by atoms with van der Waals surface area (Å²) in [6.07, 6.45) is 1.28. The minimum atomic E-state index is -0.915. The van der Waals surface area contributed by atoms with E-state index in [0.29, 0.717) is 13.0 Å². The Bertz CT molecular complexity index is 176. The summed E-state index contributed by atoms with van der Waals surface area (Å²) in [5.74, 6) is -0.915. The maximum atomic E-state index is 10.5. The fraction of sp³-hybridized carbons (Fsp3) is 0.889. The number of aliphatic hydroxyl groups is 1. The van der Waals surface area contributed by atoms with Crippen molar-refractivity contribution < 1.29 is 24.5 Å². The van der Waals surface area contributed by atoms with Gasteiger partial charge in [-0.05, 0) is 12.8 Å². The van der Waals surface area contributed by atoms with Crippen LogP contribution in [0.2, 0.25) is 0 Å². The largest absolute Gasteiger partial charge is 0.481 e. The highest BCUT2D eigenvalue weighted by atomic mass is 16.7. The summed E-state index contributed by atoms with van der Waals surface area (Å²) in [6, 6.07) is 0. The zero-order valence-corrected chi connectivity index (χ0v) is 8.02. The number of hydrogen-bond donors (Lipinski definition) is 2. The molecule has 1 fully saturated rings. The van der Waals surface area contributed by atoms with Gasteiger partial charge < -0.3 is 19.7 Å². The van der Waals surface area contributed by atoms with Gasteiger partial charge in [0.1, 0.15) is 0 Å². The molecule has 0 spiro atoms. The molecule has 0 aromatic carbocycles. The van der Waals surface area contributed by atoms with E-state index in [4.69, 9.17) is 19.7 Å². The van der Waals surface area contributed by atoms with E-state index in [1.807, 2.05) is 0 Å². The number of carboxylic acid groups (broad SMARTS) is 1. The molecule has 0 aromatic heterocycles. The van der Waals surface area contributed by atoms with Gasteiger partial charge >= 0.3 is 5.97 Å². The van der Waals surface area contributed by atoms with Crippen LogP contribution in [0.15, 0.2) is 0 Å². The second-order valence-electron chi connectivity index (χ2n) is 3.31. The second kappa shape index (κ2) is 5.95. The Balaban J connectivity index is 2.29. The van der Waals surface area contributed by atoms with Gasteiger partial charge in [0.25, 0.3) is 0 Å². The third kappa shape index (κ3) is 4.04. The molecule has 1 rings (SSSR count). The Kier molecular flexibility index (Phi) is 4.86. The van der Waals surface area contributed by atoms with Crippen molar-refractivity contribution in [3.63, 3.8) is 0 Å². The van der Waals surface area contributed by atoms with Gasteiger partial charge in [-0.3, -0.25) is 4.79 Å². The van der Waals surface area contributed by atoms with E-state index >= 15 is 0 Å². The smallest absolute Gasteiger partial charge is 0.305 e. The molecule has 0 radical (unpaired) electrons. The van der Waals surface area contributed by atoms with Gasteiger partial charge in [-0.2, -0.15) is 0 Å². The lowest BCUT2D eigenvalue weighted by Crippen LogP contribution is -2.25. The summed E-state index contributed by atoms with van der Waals surface area (Å²) < 4.78 is 10.6. The summed E-state index contributed by atoms with van der Waals surface area (Å²) in [6.45, 7) is 0.605. The quantitative estimate of drug-likeness (QED) is 0.653. The highest BCUT2D eigenvalue weighted by Gasteiger charge is 2.22. The van der Waals surface area contributed by atoms with E-state index < -0.39 is 12.1 Å². The molecule has 2 N–H and O–H groups in total. The van der Waals surface area contributed by atoms with E-state index in [-0.39, 0.29) is 19.3 Å². The molecule has 0 aromatic rings. The van der Waals surface area contributed by atoms with E-state index in [9.17, 15) is 4.79 Å². The average Bonchev–Trinajstić information content (AvgIpc) is 2.56. The molecular weight excluding hydrogens is 188 g/mol. The van der Waals surface area contributed by atoms with Crippen LogP contribution in [0.1, 0.15) is 25.7 Å². The minimum Gasteiger partial charge on any atom is -0.481 e. The number of hydrogen-bond acceptors (Lipinski definition) is 4. The van der Waals surface area contributed by atoms with Crippen LogP contribution in [0.3, 0.4) is 0 Å². The van der Waals surface area contributed by atoms with Crippen molar-refractivity contribution in [2.24, 2.45) is 0 Å². The first-order valence-corrected chi connectivity index (χ1v) is 4.82. The van der Waals surface area contributed by atoms with Crippen molar-refractivity contribution in [3.05, 3.63) is 0 Å². The first-order valence-electron chi connectivity index (χ1n) is 4.82. The molecule has 1 saturated heterocycles. The molecule has 0 amide bonds. The molecule has 14 heavy (non-hydrogen) atoms. The monoisotopic (exact) mass is 204 g/mol. The highest BCUT2D eigenvalue weighted by molar-refractivity contribution is 5.67. The lowest BCUT2D eigenvalue weighted by atomic mass is 10.2. The van der Waals surface area contributed by atoms with Crippen LogP contribution < -0.4 is 0 Å². The summed E-state index contributed by atoms with van der Waals surface area (Å²) in [5.41, 5.74) is 0. The second-order valence-corrected chi connectivity index (χ2v) is 3.31. The number of carboxylic acids is 1. The summed E-state index contributed by atoms with van der Waals surface area (Å²) in [7, 11) is 0. The van der Waals surface area contributed by atoms with Crippen LogP contribution in [-0.2, 0) is 14.3 Å². The zero-order chi connectivity index (χ0) is 10.4. The summed E-state index contributed by atoms with van der Waals surface area (Å²) in [5, 5.41) is 17.3. The van der Waals surface area contributed by atoms with Crippen molar-refractivity contribution in [1.82, 2.24) is 0 Å². The third-order valence-corrected chi connectivity index (χ3v) is 2.09. The van der Waals surface area contributed by atoms with Gasteiger partial charge in [0.2, 0.25) is 0 Å². The van der Waals surface area contributed by atoms with Gasteiger partial charge in [0, 0.05) is 19.6 Å². The molecule has 2 atom stereocenters. The van der Waals surface area contributed by atoms with Gasteiger partial charge in [-0.25, -0.2) is 0 Å².